The molecule has 1 aliphatic heterocycles. The molecule has 0 saturated carbocycles. The first kappa shape index (κ1) is 15.2. The Morgan fingerprint density at radius 1 is 1.10 bits per heavy atom. The van der Waals surface area contributed by atoms with Crippen LogP contribution in [0.2, 0.25) is 0 Å². The van der Waals surface area contributed by atoms with Crippen molar-refractivity contribution in [3.05, 3.63) is 23.3 Å². The van der Waals surface area contributed by atoms with Crippen molar-refractivity contribution in [2.75, 3.05) is 27.3 Å². The quantitative estimate of drug-likeness (QED) is 0.839. The van der Waals surface area contributed by atoms with Gasteiger partial charge in [-0.15, -0.1) is 0 Å². The molecular formula is C17H27NO2. The number of benzene rings is 1. The van der Waals surface area contributed by atoms with E-state index in [9.17, 15) is 0 Å². The van der Waals surface area contributed by atoms with Gasteiger partial charge in [0.25, 0.3) is 0 Å². The maximum Gasteiger partial charge on any atom is 0.129 e. The smallest absolute Gasteiger partial charge is 0.129 e. The van der Waals surface area contributed by atoms with Crippen molar-refractivity contribution in [2.45, 2.75) is 40.2 Å². The molecule has 112 valence electrons. The highest BCUT2D eigenvalue weighted by molar-refractivity contribution is 5.49. The molecule has 0 bridgehead atoms. The van der Waals surface area contributed by atoms with Crippen LogP contribution in [0.4, 0.5) is 0 Å². The number of hydrogen-bond donors (Lipinski definition) is 0. The molecule has 0 spiro atoms. The second-order valence-electron chi connectivity index (χ2n) is 6.53. The fraction of sp³-hybridized carbons (Fsp3) is 0.647. The number of hydrogen-bond acceptors (Lipinski definition) is 3. The van der Waals surface area contributed by atoms with Gasteiger partial charge >= 0.3 is 0 Å². The van der Waals surface area contributed by atoms with E-state index in [-0.39, 0.29) is 0 Å². The van der Waals surface area contributed by atoms with Crippen LogP contribution in [0.25, 0.3) is 0 Å². The maximum atomic E-state index is 5.59. The van der Waals surface area contributed by atoms with Crippen molar-refractivity contribution < 1.29 is 9.47 Å². The van der Waals surface area contributed by atoms with Crippen molar-refractivity contribution in [1.82, 2.24) is 4.90 Å². The molecule has 1 aromatic rings. The minimum Gasteiger partial charge on any atom is -0.496 e. The Morgan fingerprint density at radius 2 is 1.75 bits per heavy atom. The van der Waals surface area contributed by atoms with Crippen LogP contribution in [-0.2, 0) is 6.54 Å². The normalized spacial score (nSPS) is 18.9. The van der Waals surface area contributed by atoms with Gasteiger partial charge in [-0.3, -0.25) is 4.90 Å². The van der Waals surface area contributed by atoms with Crippen molar-refractivity contribution in [3.8, 4) is 11.5 Å². The van der Waals surface area contributed by atoms with Crippen molar-refractivity contribution >= 4 is 0 Å². The van der Waals surface area contributed by atoms with Crippen LogP contribution >= 0.6 is 0 Å². The molecule has 0 unspecified atom stereocenters. The molecule has 1 aromatic carbocycles. The lowest BCUT2D eigenvalue weighted by Crippen LogP contribution is -2.36. The minimum atomic E-state index is 0.496. The summed E-state index contributed by atoms with van der Waals surface area (Å²) in [6, 6.07) is 4.17. The number of rotatable bonds is 4. The Labute approximate surface area is 122 Å². The predicted molar refractivity (Wildman–Crippen MR) is 82.6 cm³/mol. The summed E-state index contributed by atoms with van der Waals surface area (Å²) in [5, 5.41) is 0. The number of ether oxygens (including phenoxy) is 2. The Hall–Kier alpha value is -1.22. The van der Waals surface area contributed by atoms with E-state index in [1.165, 1.54) is 31.5 Å². The molecular weight excluding hydrogens is 250 g/mol. The summed E-state index contributed by atoms with van der Waals surface area (Å²) in [7, 11) is 3.44. The number of likely N-dealkylation sites (tertiary alicyclic amines) is 1. The van der Waals surface area contributed by atoms with Gasteiger partial charge in [-0.25, -0.2) is 0 Å². The van der Waals surface area contributed by atoms with Gasteiger partial charge < -0.3 is 9.47 Å². The third-order valence-corrected chi connectivity index (χ3v) is 4.47. The molecule has 0 aromatic heterocycles. The van der Waals surface area contributed by atoms with E-state index in [2.05, 4.69) is 31.7 Å². The van der Waals surface area contributed by atoms with Crippen molar-refractivity contribution in [2.24, 2.45) is 5.41 Å². The van der Waals surface area contributed by atoms with Crippen LogP contribution in [0.15, 0.2) is 12.1 Å². The van der Waals surface area contributed by atoms with Gasteiger partial charge in [-0.05, 0) is 44.3 Å². The van der Waals surface area contributed by atoms with Gasteiger partial charge in [0, 0.05) is 17.7 Å². The third-order valence-electron chi connectivity index (χ3n) is 4.47. The lowest BCUT2D eigenvalue weighted by molar-refractivity contribution is 0.126. The fourth-order valence-electron chi connectivity index (χ4n) is 2.92. The number of nitrogens with zero attached hydrogens (tertiary/aromatic N) is 1. The summed E-state index contributed by atoms with van der Waals surface area (Å²) in [5.41, 5.74) is 2.84. The van der Waals surface area contributed by atoms with Crippen LogP contribution in [0.3, 0.4) is 0 Å². The molecule has 0 radical (unpaired) electrons. The summed E-state index contributed by atoms with van der Waals surface area (Å²) in [4.78, 5) is 2.52. The first-order valence-corrected chi connectivity index (χ1v) is 7.39. The zero-order chi connectivity index (χ0) is 14.8. The van der Waals surface area contributed by atoms with Crippen LogP contribution in [0, 0.1) is 12.3 Å². The van der Waals surface area contributed by atoms with Crippen LogP contribution < -0.4 is 9.47 Å². The molecule has 0 atom stereocenters. The summed E-state index contributed by atoms with van der Waals surface area (Å²) in [5.74, 6) is 1.86. The van der Waals surface area contributed by atoms with Crippen molar-refractivity contribution in [3.63, 3.8) is 0 Å². The topological polar surface area (TPSA) is 21.7 Å². The molecule has 1 fully saturated rings. The van der Waals surface area contributed by atoms with E-state index in [4.69, 9.17) is 9.47 Å². The monoisotopic (exact) mass is 277 g/mol. The highest BCUT2D eigenvalue weighted by Crippen LogP contribution is 2.34. The van der Waals surface area contributed by atoms with Crippen LogP contribution in [0.1, 0.15) is 37.8 Å². The first-order chi connectivity index (χ1) is 9.46. The molecule has 0 amide bonds. The van der Waals surface area contributed by atoms with Crippen molar-refractivity contribution in [1.29, 1.82) is 0 Å². The molecule has 1 heterocycles. The Kier molecular flexibility index (Phi) is 4.59. The van der Waals surface area contributed by atoms with Gasteiger partial charge in [0.2, 0.25) is 0 Å². The molecule has 2 rings (SSSR count). The van der Waals surface area contributed by atoms with Gasteiger partial charge in [0.15, 0.2) is 0 Å². The lowest BCUT2D eigenvalue weighted by atomic mass is 9.82. The molecule has 1 aliphatic rings. The standard InChI is InChI=1S/C17H27NO2/c1-13-15(19-4)7-6-14(16(13)20-5)12-18-10-8-17(2,3)9-11-18/h6-7H,8-12H2,1-5H3. The summed E-state index contributed by atoms with van der Waals surface area (Å²) >= 11 is 0. The third kappa shape index (κ3) is 3.26. The molecule has 3 heteroatoms. The predicted octanol–water partition coefficient (Wildman–Crippen LogP) is 3.63. The average Bonchev–Trinajstić information content (AvgIpc) is 2.42. The highest BCUT2D eigenvalue weighted by atomic mass is 16.5. The molecule has 0 N–H and O–H groups in total. The zero-order valence-electron chi connectivity index (χ0n) is 13.5. The van der Waals surface area contributed by atoms with Gasteiger partial charge in [-0.2, -0.15) is 0 Å². The molecule has 0 aliphatic carbocycles. The van der Waals surface area contributed by atoms with E-state index in [1.807, 2.05) is 6.07 Å². The summed E-state index contributed by atoms with van der Waals surface area (Å²) in [6.45, 7) is 10.1. The molecule has 3 nitrogen and oxygen atoms in total. The van der Waals surface area contributed by atoms with E-state index >= 15 is 0 Å². The number of piperidine rings is 1. The summed E-state index contributed by atoms with van der Waals surface area (Å²) in [6.07, 6.45) is 2.54. The largest absolute Gasteiger partial charge is 0.496 e. The zero-order valence-corrected chi connectivity index (χ0v) is 13.5. The molecule has 1 saturated heterocycles. The average molecular weight is 277 g/mol. The Bertz CT molecular complexity index is 458. The lowest BCUT2D eigenvalue weighted by Gasteiger charge is -2.37. The van der Waals surface area contributed by atoms with E-state index < -0.39 is 0 Å². The Morgan fingerprint density at radius 3 is 2.30 bits per heavy atom. The van der Waals surface area contributed by atoms with Crippen LogP contribution in [-0.4, -0.2) is 32.2 Å². The summed E-state index contributed by atoms with van der Waals surface area (Å²) < 4.78 is 11.0. The van der Waals surface area contributed by atoms with Gasteiger partial charge in [0.1, 0.15) is 11.5 Å². The highest BCUT2D eigenvalue weighted by Gasteiger charge is 2.26. The first-order valence-electron chi connectivity index (χ1n) is 7.39. The second kappa shape index (κ2) is 6.04. The van der Waals surface area contributed by atoms with E-state index in [1.54, 1.807) is 14.2 Å². The molecule has 20 heavy (non-hydrogen) atoms. The van der Waals surface area contributed by atoms with Crippen LogP contribution in [0.5, 0.6) is 11.5 Å². The second-order valence-corrected chi connectivity index (χ2v) is 6.53. The van der Waals surface area contributed by atoms with Gasteiger partial charge in [-0.1, -0.05) is 19.9 Å². The van der Waals surface area contributed by atoms with E-state index in [0.29, 0.717) is 5.41 Å². The van der Waals surface area contributed by atoms with E-state index in [0.717, 1.165) is 23.6 Å². The van der Waals surface area contributed by atoms with Gasteiger partial charge in [0.05, 0.1) is 14.2 Å². The SMILES string of the molecule is COc1ccc(CN2CCC(C)(C)CC2)c(OC)c1C. The Balaban J connectivity index is 2.12. The number of methoxy groups -OCH3 is 2. The fourth-order valence-corrected chi connectivity index (χ4v) is 2.92. The maximum absolute atomic E-state index is 5.59. The minimum absolute atomic E-state index is 0.496.